The molecule has 3 aromatic carbocycles. The highest BCUT2D eigenvalue weighted by molar-refractivity contribution is 5.88. The van der Waals surface area contributed by atoms with E-state index in [1.165, 1.54) is 4.90 Å². The summed E-state index contributed by atoms with van der Waals surface area (Å²) in [4.78, 5) is 27.5. The molecule has 3 aromatic rings. The van der Waals surface area contributed by atoms with Crippen molar-refractivity contribution in [3.05, 3.63) is 101 Å². The average molecular weight is 522 g/mol. The second kappa shape index (κ2) is 10.5. The Morgan fingerprint density at radius 3 is 2.32 bits per heavy atom. The normalized spacial score (nSPS) is 19.2. The van der Waals surface area contributed by atoms with Crippen molar-refractivity contribution in [3.8, 4) is 5.75 Å². The zero-order chi connectivity index (χ0) is 26.9. The van der Waals surface area contributed by atoms with Crippen LogP contribution in [-0.4, -0.2) is 40.0 Å². The summed E-state index contributed by atoms with van der Waals surface area (Å²) in [7, 11) is 0. The summed E-state index contributed by atoms with van der Waals surface area (Å²) in [6.45, 7) is 2.27. The number of carboxylic acid groups (broad SMARTS) is 1. The fourth-order valence-electron chi connectivity index (χ4n) is 5.09. The van der Waals surface area contributed by atoms with Gasteiger partial charge < -0.3 is 19.5 Å². The van der Waals surface area contributed by atoms with Crippen LogP contribution in [0.5, 0.6) is 5.75 Å². The standard InChI is InChI=1S/C30H29F2NO5/c1-19-12-13-22-17-33(25(29(35)36)14-24(22)26(19)37-18-20-8-4-2-5-9-20)28(34)27(21-10-6-3-7-11-21)38-23-15-30(31,32)16-23/h2-13,23,25,27H,14-18H2,1H3,(H,35,36)/t25-,27+/m1/s1. The summed E-state index contributed by atoms with van der Waals surface area (Å²) in [6, 6.07) is 20.9. The molecule has 0 spiro atoms. The summed E-state index contributed by atoms with van der Waals surface area (Å²) in [6.07, 6.45) is -2.82. The Labute approximate surface area is 219 Å². The number of aliphatic carboxylic acids is 1. The van der Waals surface area contributed by atoms with Gasteiger partial charge in [0.15, 0.2) is 6.10 Å². The second-order valence-electron chi connectivity index (χ2n) is 9.96. The van der Waals surface area contributed by atoms with Crippen molar-refractivity contribution in [2.24, 2.45) is 0 Å². The monoisotopic (exact) mass is 521 g/mol. The van der Waals surface area contributed by atoms with Crippen LogP contribution in [-0.2, 0) is 33.9 Å². The van der Waals surface area contributed by atoms with Crippen molar-refractivity contribution in [1.82, 2.24) is 4.90 Å². The second-order valence-corrected chi connectivity index (χ2v) is 9.96. The zero-order valence-corrected chi connectivity index (χ0v) is 21.0. The molecule has 1 aliphatic heterocycles. The number of amides is 1. The van der Waals surface area contributed by atoms with Crippen molar-refractivity contribution in [3.63, 3.8) is 0 Å². The van der Waals surface area contributed by atoms with Crippen LogP contribution in [0.4, 0.5) is 8.78 Å². The summed E-state index contributed by atoms with van der Waals surface area (Å²) >= 11 is 0. The summed E-state index contributed by atoms with van der Waals surface area (Å²) < 4.78 is 39.1. The number of alkyl halides is 2. The van der Waals surface area contributed by atoms with Gasteiger partial charge in [0.1, 0.15) is 18.4 Å². The smallest absolute Gasteiger partial charge is 0.326 e. The molecule has 1 fully saturated rings. The van der Waals surface area contributed by atoms with Crippen LogP contribution in [0.2, 0.25) is 0 Å². The minimum Gasteiger partial charge on any atom is -0.488 e. The van der Waals surface area contributed by atoms with E-state index in [1.807, 2.05) is 49.4 Å². The number of hydrogen-bond donors (Lipinski definition) is 1. The van der Waals surface area contributed by atoms with Gasteiger partial charge in [-0.25, -0.2) is 13.6 Å². The number of rotatable bonds is 8. The SMILES string of the molecule is Cc1ccc2c(c1OCc1ccccc1)C[C@H](C(=O)O)N(C(=O)[C@@H](OC1CC(F)(F)C1)c1ccccc1)C2. The highest BCUT2D eigenvalue weighted by Gasteiger charge is 2.49. The Hall–Kier alpha value is -3.78. The molecule has 0 aromatic heterocycles. The molecule has 1 N–H and O–H groups in total. The third-order valence-corrected chi connectivity index (χ3v) is 7.17. The van der Waals surface area contributed by atoms with Crippen molar-refractivity contribution in [1.29, 1.82) is 0 Å². The fourth-order valence-corrected chi connectivity index (χ4v) is 5.09. The van der Waals surface area contributed by atoms with Crippen LogP contribution < -0.4 is 4.74 Å². The average Bonchev–Trinajstić information content (AvgIpc) is 2.90. The first kappa shape index (κ1) is 25.9. The first-order chi connectivity index (χ1) is 18.2. The van der Waals surface area contributed by atoms with Gasteiger partial charge in [0.2, 0.25) is 0 Å². The van der Waals surface area contributed by atoms with Crippen molar-refractivity contribution in [2.75, 3.05) is 0 Å². The predicted molar refractivity (Wildman–Crippen MR) is 136 cm³/mol. The van der Waals surface area contributed by atoms with Gasteiger partial charge in [0.05, 0.1) is 6.10 Å². The summed E-state index contributed by atoms with van der Waals surface area (Å²) in [5.41, 5.74) is 3.90. The molecule has 6 nitrogen and oxygen atoms in total. The number of ether oxygens (including phenoxy) is 2. The number of aryl methyl sites for hydroxylation is 1. The van der Waals surface area contributed by atoms with Gasteiger partial charge in [-0.3, -0.25) is 4.79 Å². The summed E-state index contributed by atoms with van der Waals surface area (Å²) in [5, 5.41) is 10.1. The molecule has 38 heavy (non-hydrogen) atoms. The van der Waals surface area contributed by atoms with E-state index < -0.39 is 48.9 Å². The van der Waals surface area contributed by atoms with E-state index in [4.69, 9.17) is 9.47 Å². The lowest BCUT2D eigenvalue weighted by Crippen LogP contribution is -2.51. The first-order valence-corrected chi connectivity index (χ1v) is 12.6. The molecule has 1 saturated carbocycles. The minimum atomic E-state index is -2.81. The lowest BCUT2D eigenvalue weighted by molar-refractivity contribution is -0.193. The quantitative estimate of drug-likeness (QED) is 0.426. The van der Waals surface area contributed by atoms with Gasteiger partial charge in [-0.2, -0.15) is 0 Å². The number of halogens is 2. The molecule has 5 rings (SSSR count). The minimum absolute atomic E-state index is 0.0423. The molecule has 0 radical (unpaired) electrons. The molecule has 1 amide bonds. The number of carbonyl (C=O) groups is 2. The largest absolute Gasteiger partial charge is 0.488 e. The molecule has 8 heteroatoms. The van der Waals surface area contributed by atoms with E-state index in [1.54, 1.807) is 30.3 Å². The number of fused-ring (bicyclic) bond motifs is 1. The molecule has 0 bridgehead atoms. The molecule has 1 aliphatic carbocycles. The lowest BCUT2D eigenvalue weighted by atomic mass is 9.89. The van der Waals surface area contributed by atoms with Gasteiger partial charge in [-0.15, -0.1) is 0 Å². The van der Waals surface area contributed by atoms with E-state index >= 15 is 0 Å². The number of carboxylic acids is 1. The van der Waals surface area contributed by atoms with Crippen LogP contribution in [0.15, 0.2) is 72.8 Å². The van der Waals surface area contributed by atoms with E-state index in [0.717, 1.165) is 22.3 Å². The Morgan fingerprint density at radius 1 is 1.03 bits per heavy atom. The fraction of sp³-hybridized carbons (Fsp3) is 0.333. The predicted octanol–water partition coefficient (Wildman–Crippen LogP) is 5.47. The van der Waals surface area contributed by atoms with Gasteiger partial charge in [-0.05, 0) is 29.2 Å². The lowest BCUT2D eigenvalue weighted by Gasteiger charge is -2.40. The van der Waals surface area contributed by atoms with E-state index in [0.29, 0.717) is 17.9 Å². The van der Waals surface area contributed by atoms with Gasteiger partial charge in [0, 0.05) is 31.4 Å². The number of nitrogens with zero attached hydrogens (tertiary/aromatic N) is 1. The van der Waals surface area contributed by atoms with Crippen molar-refractivity contribution in [2.45, 2.75) is 63.5 Å². The highest BCUT2D eigenvalue weighted by atomic mass is 19.3. The summed E-state index contributed by atoms with van der Waals surface area (Å²) in [5.74, 6) is -3.90. The van der Waals surface area contributed by atoms with Gasteiger partial charge >= 0.3 is 5.97 Å². The molecule has 2 atom stereocenters. The van der Waals surface area contributed by atoms with Gasteiger partial charge in [0.25, 0.3) is 11.8 Å². The number of benzene rings is 3. The van der Waals surface area contributed by atoms with Crippen LogP contribution in [0.1, 0.15) is 46.8 Å². The topological polar surface area (TPSA) is 76.1 Å². The third-order valence-electron chi connectivity index (χ3n) is 7.17. The number of carbonyl (C=O) groups excluding carboxylic acids is 1. The van der Waals surface area contributed by atoms with E-state index in [2.05, 4.69) is 0 Å². The Bertz CT molecular complexity index is 1310. The van der Waals surface area contributed by atoms with E-state index in [-0.39, 0.29) is 13.0 Å². The molecule has 1 heterocycles. The molecular weight excluding hydrogens is 492 g/mol. The molecule has 198 valence electrons. The Kier molecular flexibility index (Phi) is 7.17. The van der Waals surface area contributed by atoms with E-state index in [9.17, 15) is 23.5 Å². The Balaban J connectivity index is 1.43. The Morgan fingerprint density at radius 2 is 1.68 bits per heavy atom. The maximum Gasteiger partial charge on any atom is 0.326 e. The molecule has 2 aliphatic rings. The maximum atomic E-state index is 13.8. The molecule has 0 unspecified atom stereocenters. The van der Waals surface area contributed by atoms with Crippen molar-refractivity contribution >= 4 is 11.9 Å². The molecule has 0 saturated heterocycles. The van der Waals surface area contributed by atoms with Crippen LogP contribution in [0, 0.1) is 6.92 Å². The zero-order valence-electron chi connectivity index (χ0n) is 21.0. The first-order valence-electron chi connectivity index (χ1n) is 12.6. The van der Waals surface area contributed by atoms with Gasteiger partial charge in [-0.1, -0.05) is 72.8 Å². The number of hydrogen-bond acceptors (Lipinski definition) is 4. The highest BCUT2D eigenvalue weighted by Crippen LogP contribution is 2.42. The van der Waals surface area contributed by atoms with Crippen LogP contribution >= 0.6 is 0 Å². The molecular formula is C30H29F2NO5. The third kappa shape index (κ3) is 5.41. The van der Waals surface area contributed by atoms with Crippen molar-refractivity contribution < 1.29 is 33.0 Å². The maximum absolute atomic E-state index is 13.8. The van der Waals surface area contributed by atoms with Crippen LogP contribution in [0.25, 0.3) is 0 Å². The van der Waals surface area contributed by atoms with Crippen LogP contribution in [0.3, 0.4) is 0 Å².